The van der Waals surface area contributed by atoms with E-state index in [9.17, 15) is 40.7 Å². The molecule has 1 atom stereocenters. The zero-order valence-corrected chi connectivity index (χ0v) is 16.1. The number of ether oxygens (including phenoxy) is 1. The van der Waals surface area contributed by atoms with Crippen molar-refractivity contribution in [3.8, 4) is 5.75 Å². The van der Waals surface area contributed by atoms with Crippen molar-refractivity contribution in [1.82, 2.24) is 10.6 Å². The molecule has 0 unspecified atom stereocenters. The Labute approximate surface area is 179 Å². The Kier molecular flexibility index (Phi) is 5.72. The maximum Gasteiger partial charge on any atom is 0.573 e. The fourth-order valence-electron chi connectivity index (χ4n) is 2.78. The SMILES string of the molecule is O=C(N[C@@]1(C(F)(F)F)NC(=O)N(c2ccc(OC(F)(F)F)cc2)C1=O)c1cccc(Cl)c1. The topological polar surface area (TPSA) is 87.7 Å². The second-order valence-electron chi connectivity index (χ2n) is 6.32. The largest absolute Gasteiger partial charge is 0.573 e. The average molecular weight is 482 g/mol. The van der Waals surface area contributed by atoms with Crippen molar-refractivity contribution in [2.24, 2.45) is 0 Å². The fourth-order valence-corrected chi connectivity index (χ4v) is 2.97. The lowest BCUT2D eigenvalue weighted by Crippen LogP contribution is -2.69. The lowest BCUT2D eigenvalue weighted by atomic mass is 10.1. The van der Waals surface area contributed by atoms with Gasteiger partial charge in [0.2, 0.25) is 0 Å². The van der Waals surface area contributed by atoms with Gasteiger partial charge < -0.3 is 10.1 Å². The van der Waals surface area contributed by atoms with Crippen molar-refractivity contribution >= 4 is 35.1 Å². The summed E-state index contributed by atoms with van der Waals surface area (Å²) in [4.78, 5) is 37.3. The summed E-state index contributed by atoms with van der Waals surface area (Å²) in [6, 6.07) is 6.17. The van der Waals surface area contributed by atoms with Crippen LogP contribution in [0.4, 0.5) is 36.8 Å². The van der Waals surface area contributed by atoms with Crippen LogP contribution in [0.25, 0.3) is 0 Å². The predicted octanol–water partition coefficient (Wildman–Crippen LogP) is 3.98. The first-order valence-electron chi connectivity index (χ1n) is 8.41. The maximum absolute atomic E-state index is 13.9. The molecular formula is C18H10ClF6N3O4. The van der Waals surface area contributed by atoms with Gasteiger partial charge in [-0.25, -0.2) is 9.69 Å². The molecule has 1 heterocycles. The Morgan fingerprint density at radius 3 is 2.19 bits per heavy atom. The summed E-state index contributed by atoms with van der Waals surface area (Å²) in [5.41, 5.74) is -4.65. The zero-order chi connectivity index (χ0) is 23.9. The number of hydrogen-bond acceptors (Lipinski definition) is 4. The summed E-state index contributed by atoms with van der Waals surface area (Å²) in [6.45, 7) is 0. The minimum atomic E-state index is -5.48. The highest BCUT2D eigenvalue weighted by Gasteiger charge is 2.69. The number of benzene rings is 2. The van der Waals surface area contributed by atoms with Gasteiger partial charge in [0.15, 0.2) is 0 Å². The van der Waals surface area contributed by atoms with Crippen LogP contribution in [0.1, 0.15) is 10.4 Å². The molecule has 32 heavy (non-hydrogen) atoms. The molecule has 1 aliphatic heterocycles. The average Bonchev–Trinajstić information content (AvgIpc) is 2.92. The Hall–Kier alpha value is -3.48. The Morgan fingerprint density at radius 1 is 1.03 bits per heavy atom. The highest BCUT2D eigenvalue weighted by Crippen LogP contribution is 2.36. The number of amides is 4. The molecule has 0 aliphatic carbocycles. The number of nitrogens with zero attached hydrogens (tertiary/aromatic N) is 1. The van der Waals surface area contributed by atoms with Crippen LogP contribution in [-0.2, 0) is 4.79 Å². The summed E-state index contributed by atoms with van der Waals surface area (Å²) < 4.78 is 82.1. The van der Waals surface area contributed by atoms with E-state index in [1.165, 1.54) is 22.8 Å². The van der Waals surface area contributed by atoms with Gasteiger partial charge in [-0.3, -0.25) is 14.9 Å². The van der Waals surface area contributed by atoms with Crippen LogP contribution in [-0.4, -0.2) is 36.0 Å². The first-order chi connectivity index (χ1) is 14.7. The normalized spacial score (nSPS) is 19.0. The van der Waals surface area contributed by atoms with Crippen molar-refractivity contribution in [2.45, 2.75) is 18.2 Å². The molecule has 0 aromatic heterocycles. The number of anilines is 1. The monoisotopic (exact) mass is 481 g/mol. The molecule has 0 spiro atoms. The summed E-state index contributed by atoms with van der Waals surface area (Å²) in [6.07, 6.45) is -10.5. The quantitative estimate of drug-likeness (QED) is 0.511. The first-order valence-corrected chi connectivity index (χ1v) is 8.79. The van der Waals surface area contributed by atoms with E-state index in [-0.39, 0.29) is 15.5 Å². The Bertz CT molecular complexity index is 1070. The molecule has 2 aromatic rings. The van der Waals surface area contributed by atoms with E-state index in [0.717, 1.165) is 24.3 Å². The second-order valence-corrected chi connectivity index (χ2v) is 6.76. The van der Waals surface area contributed by atoms with Gasteiger partial charge in [0.05, 0.1) is 5.69 Å². The van der Waals surface area contributed by atoms with Crippen LogP contribution in [0.3, 0.4) is 0 Å². The lowest BCUT2D eigenvalue weighted by Gasteiger charge is -2.29. The van der Waals surface area contributed by atoms with E-state index in [4.69, 9.17) is 11.6 Å². The van der Waals surface area contributed by atoms with Gasteiger partial charge in [-0.2, -0.15) is 13.2 Å². The third-order valence-electron chi connectivity index (χ3n) is 4.16. The zero-order valence-electron chi connectivity index (χ0n) is 15.3. The van der Waals surface area contributed by atoms with Crippen molar-refractivity contribution in [1.29, 1.82) is 0 Å². The van der Waals surface area contributed by atoms with Crippen molar-refractivity contribution in [3.05, 3.63) is 59.1 Å². The molecule has 0 radical (unpaired) electrons. The number of urea groups is 1. The van der Waals surface area contributed by atoms with Gasteiger partial charge in [-0.05, 0) is 42.5 Å². The number of alkyl halides is 6. The van der Waals surface area contributed by atoms with Crippen molar-refractivity contribution < 1.29 is 45.5 Å². The summed E-state index contributed by atoms with van der Waals surface area (Å²) in [5, 5.41) is 2.92. The number of hydrogen-bond donors (Lipinski definition) is 2. The van der Waals surface area contributed by atoms with Gasteiger partial charge in [0.25, 0.3) is 17.5 Å². The molecule has 2 aromatic carbocycles. The molecule has 1 saturated heterocycles. The minimum Gasteiger partial charge on any atom is -0.406 e. The molecule has 14 heteroatoms. The third kappa shape index (κ3) is 4.42. The minimum absolute atomic E-state index is 0.0308. The van der Waals surface area contributed by atoms with Crippen molar-refractivity contribution in [3.63, 3.8) is 0 Å². The third-order valence-corrected chi connectivity index (χ3v) is 4.40. The van der Waals surface area contributed by atoms with Gasteiger partial charge in [-0.1, -0.05) is 17.7 Å². The fraction of sp³-hybridized carbons (Fsp3) is 0.167. The van der Waals surface area contributed by atoms with Crippen molar-refractivity contribution in [2.75, 3.05) is 4.90 Å². The molecule has 7 nitrogen and oxygen atoms in total. The standard InChI is InChI=1S/C18H10ClF6N3O4/c19-10-3-1-2-9(8-10)13(29)26-16(17(20,21)22)14(30)28(15(31)27-16)11-4-6-12(7-5-11)32-18(23,24)25/h1-8H,(H,26,29)(H,27,31)/t16-/m1/s1. The highest BCUT2D eigenvalue weighted by atomic mass is 35.5. The number of carbonyl (C=O) groups is 3. The summed E-state index contributed by atoms with van der Waals surface area (Å²) in [7, 11) is 0. The van der Waals surface area contributed by atoms with Crippen LogP contribution in [0, 0.1) is 0 Å². The van der Waals surface area contributed by atoms with Gasteiger partial charge in [-0.15, -0.1) is 13.2 Å². The molecule has 0 saturated carbocycles. The number of nitrogens with one attached hydrogen (secondary N) is 2. The van der Waals surface area contributed by atoms with Gasteiger partial charge >= 0.3 is 18.6 Å². The molecule has 3 rings (SSSR count). The number of carbonyl (C=O) groups excluding carboxylic acids is 3. The number of halogens is 7. The van der Waals surface area contributed by atoms with Crippen LogP contribution in [0.2, 0.25) is 5.02 Å². The first kappa shape index (κ1) is 23.2. The van der Waals surface area contributed by atoms with E-state index in [1.807, 2.05) is 0 Å². The molecule has 4 amide bonds. The van der Waals surface area contributed by atoms with E-state index < -0.39 is 47.5 Å². The van der Waals surface area contributed by atoms with Gasteiger partial charge in [0.1, 0.15) is 5.75 Å². The van der Waals surface area contributed by atoms with Crippen LogP contribution in [0.15, 0.2) is 48.5 Å². The van der Waals surface area contributed by atoms with E-state index >= 15 is 0 Å². The van der Waals surface area contributed by atoms with Crippen LogP contribution < -0.4 is 20.3 Å². The molecular weight excluding hydrogens is 472 g/mol. The maximum atomic E-state index is 13.9. The molecule has 1 aliphatic rings. The number of imide groups is 1. The van der Waals surface area contributed by atoms with E-state index in [2.05, 4.69) is 4.74 Å². The smallest absolute Gasteiger partial charge is 0.406 e. The number of rotatable bonds is 4. The lowest BCUT2D eigenvalue weighted by molar-refractivity contribution is -0.274. The molecule has 2 N–H and O–H groups in total. The predicted molar refractivity (Wildman–Crippen MR) is 96.8 cm³/mol. The second kappa shape index (κ2) is 7.89. The molecule has 0 bridgehead atoms. The van der Waals surface area contributed by atoms with Crippen LogP contribution >= 0.6 is 11.6 Å². The Morgan fingerprint density at radius 2 is 1.66 bits per heavy atom. The highest BCUT2D eigenvalue weighted by molar-refractivity contribution is 6.31. The summed E-state index contributed by atoms with van der Waals surface area (Å²) in [5.74, 6) is -4.02. The van der Waals surface area contributed by atoms with Gasteiger partial charge in [0, 0.05) is 10.6 Å². The molecule has 170 valence electrons. The van der Waals surface area contributed by atoms with Crippen LogP contribution in [0.5, 0.6) is 5.75 Å². The van der Waals surface area contributed by atoms with E-state index in [1.54, 1.807) is 0 Å². The summed E-state index contributed by atoms with van der Waals surface area (Å²) >= 11 is 5.71. The van der Waals surface area contributed by atoms with E-state index in [0.29, 0.717) is 12.1 Å². The molecule has 1 fully saturated rings. The Balaban J connectivity index is 1.94.